The first kappa shape index (κ1) is 10.8. The summed E-state index contributed by atoms with van der Waals surface area (Å²) in [5.74, 6) is 1.28. The van der Waals surface area contributed by atoms with Gasteiger partial charge in [-0.1, -0.05) is 13.8 Å². The molecule has 2 N–H and O–H groups in total. The summed E-state index contributed by atoms with van der Waals surface area (Å²) in [5, 5.41) is 0. The van der Waals surface area contributed by atoms with Gasteiger partial charge in [0.15, 0.2) is 0 Å². The van der Waals surface area contributed by atoms with Gasteiger partial charge in [-0.15, -0.1) is 0 Å². The van der Waals surface area contributed by atoms with Gasteiger partial charge in [0.2, 0.25) is 5.88 Å². The second-order valence-electron chi connectivity index (χ2n) is 3.99. The molecule has 3 nitrogen and oxygen atoms in total. The van der Waals surface area contributed by atoms with Crippen molar-refractivity contribution in [2.75, 3.05) is 5.73 Å². The van der Waals surface area contributed by atoms with Crippen LogP contribution in [0.5, 0.6) is 5.88 Å². The van der Waals surface area contributed by atoms with Crippen LogP contribution in [0.25, 0.3) is 0 Å². The van der Waals surface area contributed by atoms with Gasteiger partial charge in [-0.2, -0.15) is 0 Å². The van der Waals surface area contributed by atoms with Crippen molar-refractivity contribution in [2.24, 2.45) is 5.92 Å². The van der Waals surface area contributed by atoms with E-state index in [0.717, 1.165) is 6.42 Å². The highest BCUT2D eigenvalue weighted by molar-refractivity contribution is 5.35. The molecule has 0 radical (unpaired) electrons. The van der Waals surface area contributed by atoms with Crippen molar-refractivity contribution >= 4 is 5.69 Å². The lowest BCUT2D eigenvalue weighted by atomic mass is 10.1. The SMILES string of the molecule is CC(C)CC(C)Oc1ccc(N)cn1. The van der Waals surface area contributed by atoms with Gasteiger partial charge in [0.1, 0.15) is 0 Å². The number of aromatic nitrogens is 1. The molecule has 1 aromatic heterocycles. The van der Waals surface area contributed by atoms with Gasteiger partial charge in [-0.25, -0.2) is 4.98 Å². The van der Waals surface area contributed by atoms with Crippen LogP contribution in [-0.4, -0.2) is 11.1 Å². The summed E-state index contributed by atoms with van der Waals surface area (Å²) in [6.07, 6.45) is 2.84. The fraction of sp³-hybridized carbons (Fsp3) is 0.545. The maximum atomic E-state index is 5.61. The van der Waals surface area contributed by atoms with Gasteiger partial charge >= 0.3 is 0 Å². The smallest absolute Gasteiger partial charge is 0.213 e. The number of nitrogens with two attached hydrogens (primary N) is 1. The first-order chi connectivity index (χ1) is 6.58. The molecule has 14 heavy (non-hydrogen) atoms. The molecule has 0 saturated carbocycles. The van der Waals surface area contributed by atoms with E-state index >= 15 is 0 Å². The monoisotopic (exact) mass is 194 g/mol. The van der Waals surface area contributed by atoms with Crippen molar-refractivity contribution in [3.63, 3.8) is 0 Å². The molecular formula is C11H18N2O. The van der Waals surface area contributed by atoms with E-state index in [-0.39, 0.29) is 6.10 Å². The van der Waals surface area contributed by atoms with E-state index in [1.165, 1.54) is 0 Å². The molecule has 0 saturated heterocycles. The Morgan fingerprint density at radius 2 is 2.07 bits per heavy atom. The molecule has 0 aromatic carbocycles. The normalized spacial score (nSPS) is 12.9. The molecule has 0 spiro atoms. The molecule has 78 valence electrons. The Kier molecular flexibility index (Phi) is 3.74. The predicted molar refractivity (Wildman–Crippen MR) is 58.2 cm³/mol. The molecular weight excluding hydrogens is 176 g/mol. The zero-order valence-corrected chi connectivity index (χ0v) is 9.03. The average molecular weight is 194 g/mol. The summed E-state index contributed by atoms with van der Waals surface area (Å²) in [6, 6.07) is 3.59. The maximum absolute atomic E-state index is 5.61. The van der Waals surface area contributed by atoms with Crippen molar-refractivity contribution in [3.8, 4) is 5.88 Å². The molecule has 1 aromatic rings. The van der Waals surface area contributed by atoms with Crippen LogP contribution in [0.3, 0.4) is 0 Å². The molecule has 0 bridgehead atoms. The van der Waals surface area contributed by atoms with Gasteiger partial charge in [-0.3, -0.25) is 0 Å². The number of nitrogens with zero attached hydrogens (tertiary/aromatic N) is 1. The van der Waals surface area contributed by atoms with Gasteiger partial charge < -0.3 is 10.5 Å². The van der Waals surface area contributed by atoms with Crippen LogP contribution in [0, 0.1) is 5.92 Å². The largest absolute Gasteiger partial charge is 0.475 e. The van der Waals surface area contributed by atoms with Crippen LogP contribution in [-0.2, 0) is 0 Å². The van der Waals surface area contributed by atoms with Crippen LogP contribution < -0.4 is 10.5 Å². The molecule has 0 aliphatic rings. The summed E-state index contributed by atoms with van der Waals surface area (Å²) in [7, 11) is 0. The lowest BCUT2D eigenvalue weighted by Gasteiger charge is -2.15. The molecule has 3 heteroatoms. The number of nitrogen functional groups attached to an aromatic ring is 1. The summed E-state index contributed by atoms with van der Waals surface area (Å²) in [4.78, 5) is 4.08. The number of anilines is 1. The van der Waals surface area contributed by atoms with Gasteiger partial charge in [0.05, 0.1) is 18.0 Å². The highest BCUT2D eigenvalue weighted by Crippen LogP contribution is 2.14. The van der Waals surface area contributed by atoms with Crippen molar-refractivity contribution < 1.29 is 4.74 Å². The minimum atomic E-state index is 0.200. The second-order valence-corrected chi connectivity index (χ2v) is 3.99. The van der Waals surface area contributed by atoms with Crippen molar-refractivity contribution in [2.45, 2.75) is 33.3 Å². The molecule has 1 heterocycles. The van der Waals surface area contributed by atoms with Gasteiger partial charge in [0, 0.05) is 6.07 Å². The van der Waals surface area contributed by atoms with E-state index in [0.29, 0.717) is 17.5 Å². The first-order valence-corrected chi connectivity index (χ1v) is 4.96. The van der Waals surface area contributed by atoms with E-state index in [1.54, 1.807) is 18.3 Å². The number of ether oxygens (including phenoxy) is 1. The summed E-state index contributed by atoms with van der Waals surface area (Å²) >= 11 is 0. The Bertz CT molecular complexity index is 269. The molecule has 1 rings (SSSR count). The van der Waals surface area contributed by atoms with Crippen LogP contribution in [0.15, 0.2) is 18.3 Å². The molecule has 0 fully saturated rings. The minimum Gasteiger partial charge on any atom is -0.475 e. The first-order valence-electron chi connectivity index (χ1n) is 4.96. The third-order valence-electron chi connectivity index (χ3n) is 1.88. The van der Waals surface area contributed by atoms with E-state index in [9.17, 15) is 0 Å². The zero-order valence-electron chi connectivity index (χ0n) is 9.03. The topological polar surface area (TPSA) is 48.1 Å². The average Bonchev–Trinajstić information content (AvgIpc) is 2.07. The van der Waals surface area contributed by atoms with Crippen molar-refractivity contribution in [3.05, 3.63) is 18.3 Å². The third kappa shape index (κ3) is 3.64. The quantitative estimate of drug-likeness (QED) is 0.801. The summed E-state index contributed by atoms with van der Waals surface area (Å²) in [5.41, 5.74) is 6.18. The third-order valence-corrected chi connectivity index (χ3v) is 1.88. The zero-order chi connectivity index (χ0) is 10.6. The molecule has 1 atom stereocenters. The minimum absolute atomic E-state index is 0.200. The predicted octanol–water partition coefficient (Wildman–Crippen LogP) is 2.48. The van der Waals surface area contributed by atoms with Gasteiger partial charge in [0.25, 0.3) is 0 Å². The molecule has 0 amide bonds. The fourth-order valence-corrected chi connectivity index (χ4v) is 1.38. The Hall–Kier alpha value is -1.25. The second kappa shape index (κ2) is 4.84. The van der Waals surface area contributed by atoms with E-state index in [2.05, 4.69) is 25.8 Å². The summed E-state index contributed by atoms with van der Waals surface area (Å²) in [6.45, 7) is 6.41. The lowest BCUT2D eigenvalue weighted by Crippen LogP contribution is -2.15. The molecule has 0 aliphatic heterocycles. The number of rotatable bonds is 4. The highest BCUT2D eigenvalue weighted by Gasteiger charge is 2.06. The van der Waals surface area contributed by atoms with Crippen LogP contribution in [0.2, 0.25) is 0 Å². The summed E-state index contributed by atoms with van der Waals surface area (Å²) < 4.78 is 5.61. The standard InChI is InChI=1S/C11H18N2O/c1-8(2)6-9(3)14-11-5-4-10(12)7-13-11/h4-5,7-9H,6,12H2,1-3H3. The Morgan fingerprint density at radius 3 is 2.57 bits per heavy atom. The van der Waals surface area contributed by atoms with Crippen molar-refractivity contribution in [1.82, 2.24) is 4.98 Å². The Labute approximate surface area is 85.3 Å². The molecule has 0 aliphatic carbocycles. The van der Waals surface area contributed by atoms with E-state index in [4.69, 9.17) is 10.5 Å². The maximum Gasteiger partial charge on any atom is 0.213 e. The lowest BCUT2D eigenvalue weighted by molar-refractivity contribution is 0.186. The van der Waals surface area contributed by atoms with Gasteiger partial charge in [-0.05, 0) is 25.3 Å². The molecule has 1 unspecified atom stereocenters. The fourth-order valence-electron chi connectivity index (χ4n) is 1.38. The Balaban J connectivity index is 2.47. The van der Waals surface area contributed by atoms with Crippen LogP contribution in [0.1, 0.15) is 27.2 Å². The van der Waals surface area contributed by atoms with Crippen LogP contribution >= 0.6 is 0 Å². The van der Waals surface area contributed by atoms with E-state index < -0.39 is 0 Å². The number of hydrogen-bond acceptors (Lipinski definition) is 3. The highest BCUT2D eigenvalue weighted by atomic mass is 16.5. The van der Waals surface area contributed by atoms with Crippen molar-refractivity contribution in [1.29, 1.82) is 0 Å². The van der Waals surface area contributed by atoms with Crippen LogP contribution in [0.4, 0.5) is 5.69 Å². The number of pyridine rings is 1. The Morgan fingerprint density at radius 1 is 1.36 bits per heavy atom. The van der Waals surface area contributed by atoms with E-state index in [1.807, 2.05) is 0 Å². The number of hydrogen-bond donors (Lipinski definition) is 1.